The summed E-state index contributed by atoms with van der Waals surface area (Å²) >= 11 is 0. The number of carbonyl (C=O) groups is 1. The lowest BCUT2D eigenvalue weighted by Crippen LogP contribution is -2.44. The van der Waals surface area contributed by atoms with Crippen LogP contribution in [0.3, 0.4) is 0 Å². The summed E-state index contributed by atoms with van der Waals surface area (Å²) in [4.78, 5) is 18.8. The number of nitriles is 1. The first kappa shape index (κ1) is 20.2. The van der Waals surface area contributed by atoms with Crippen molar-refractivity contribution in [3.8, 4) is 34.3 Å². The first-order valence-electron chi connectivity index (χ1n) is 10.8. The van der Waals surface area contributed by atoms with E-state index in [0.717, 1.165) is 47.2 Å². The van der Waals surface area contributed by atoms with Crippen LogP contribution in [-0.2, 0) is 10.3 Å². The summed E-state index contributed by atoms with van der Waals surface area (Å²) in [5.41, 5.74) is 11.5. The van der Waals surface area contributed by atoms with Crippen molar-refractivity contribution in [2.24, 2.45) is 5.73 Å². The molecule has 1 aromatic heterocycles. The van der Waals surface area contributed by atoms with E-state index >= 15 is 0 Å². The molecule has 1 atom stereocenters. The van der Waals surface area contributed by atoms with Crippen molar-refractivity contribution in [1.82, 2.24) is 4.98 Å². The Balaban J connectivity index is 1.66. The van der Waals surface area contributed by atoms with Crippen LogP contribution in [0.2, 0.25) is 0 Å². The van der Waals surface area contributed by atoms with Gasteiger partial charge in [-0.2, -0.15) is 5.26 Å². The average molecular weight is 425 g/mol. The number of hydrogen-bond acceptors (Lipinski definition) is 5. The van der Waals surface area contributed by atoms with Gasteiger partial charge in [-0.3, -0.25) is 9.69 Å². The molecule has 160 valence electrons. The van der Waals surface area contributed by atoms with E-state index in [9.17, 15) is 10.1 Å². The van der Waals surface area contributed by atoms with Crippen LogP contribution in [0.1, 0.15) is 31.7 Å². The number of ether oxygens (including phenoxy) is 1. The monoisotopic (exact) mass is 424 g/mol. The third kappa shape index (κ3) is 3.31. The average Bonchev–Trinajstić information content (AvgIpc) is 2.82. The molecule has 2 aromatic carbocycles. The number of rotatable bonds is 4. The molecule has 32 heavy (non-hydrogen) atoms. The van der Waals surface area contributed by atoms with E-state index in [1.54, 1.807) is 6.92 Å². The molecule has 1 saturated carbocycles. The number of fused-ring (bicyclic) bond motifs is 1. The largest absolute Gasteiger partial charge is 0.466 e. The van der Waals surface area contributed by atoms with Gasteiger partial charge in [0.2, 0.25) is 5.88 Å². The molecule has 1 fully saturated rings. The Kier molecular flexibility index (Phi) is 4.91. The van der Waals surface area contributed by atoms with Crippen LogP contribution >= 0.6 is 0 Å². The highest BCUT2D eigenvalue weighted by Crippen LogP contribution is 2.42. The zero-order valence-electron chi connectivity index (χ0n) is 17.9. The molecule has 3 aromatic rings. The van der Waals surface area contributed by atoms with Crippen LogP contribution in [0.4, 0.5) is 5.69 Å². The lowest BCUT2D eigenvalue weighted by molar-refractivity contribution is -0.121. The molecule has 1 unspecified atom stereocenters. The lowest BCUT2D eigenvalue weighted by Gasteiger charge is -2.38. The van der Waals surface area contributed by atoms with Crippen molar-refractivity contribution in [3.05, 3.63) is 66.2 Å². The second-order valence-corrected chi connectivity index (χ2v) is 8.52. The zero-order valence-corrected chi connectivity index (χ0v) is 17.9. The molecule has 1 amide bonds. The maximum absolute atomic E-state index is 12.5. The fraction of sp³-hybridized carbons (Fsp3) is 0.269. The van der Waals surface area contributed by atoms with Gasteiger partial charge in [0.15, 0.2) is 6.61 Å². The van der Waals surface area contributed by atoms with E-state index in [-0.39, 0.29) is 18.1 Å². The Hall–Kier alpha value is -3.69. The molecule has 1 aliphatic carbocycles. The maximum atomic E-state index is 12.5. The molecule has 6 heteroatoms. The molecule has 5 rings (SSSR count). The van der Waals surface area contributed by atoms with Crippen LogP contribution in [0.5, 0.6) is 5.88 Å². The number of nitrogens with zero attached hydrogens (tertiary/aromatic N) is 3. The minimum atomic E-state index is -0.621. The van der Waals surface area contributed by atoms with Gasteiger partial charge >= 0.3 is 0 Å². The van der Waals surface area contributed by atoms with Crippen LogP contribution < -0.4 is 15.4 Å². The molecule has 6 nitrogen and oxygen atoms in total. The summed E-state index contributed by atoms with van der Waals surface area (Å²) in [6.45, 7) is 1.57. The molecule has 2 aliphatic rings. The van der Waals surface area contributed by atoms with Gasteiger partial charge in [0.25, 0.3) is 5.91 Å². The van der Waals surface area contributed by atoms with Crippen LogP contribution in [0, 0.1) is 11.3 Å². The number of hydrogen-bond donors (Lipinski definition) is 1. The van der Waals surface area contributed by atoms with Crippen LogP contribution in [-0.4, -0.2) is 23.5 Å². The number of amides is 1. The zero-order chi connectivity index (χ0) is 22.3. The molecule has 0 saturated heterocycles. The van der Waals surface area contributed by atoms with Crippen LogP contribution in [0.15, 0.2) is 60.7 Å². The molecule has 0 spiro atoms. The Morgan fingerprint density at radius 1 is 1.12 bits per heavy atom. The standard InChI is InChI=1S/C26H24N4O2/c1-17(15-27)30-22-14-21(18-6-3-2-4-7-18)24(29-25(22)32-16-23(30)31)19-8-10-20(11-9-19)26(28)12-5-13-26/h2-4,6-11,14,17H,5,12-13,16,28H2,1H3. The number of aromatic nitrogens is 1. The fourth-order valence-electron chi connectivity index (χ4n) is 4.45. The number of pyridine rings is 1. The van der Waals surface area contributed by atoms with Gasteiger partial charge in [0, 0.05) is 16.7 Å². The highest BCUT2D eigenvalue weighted by molar-refractivity contribution is 6.00. The topological polar surface area (TPSA) is 92.2 Å². The van der Waals surface area contributed by atoms with Crippen molar-refractivity contribution in [2.45, 2.75) is 37.8 Å². The molecule has 2 heterocycles. The van der Waals surface area contributed by atoms with E-state index in [2.05, 4.69) is 18.2 Å². The SMILES string of the molecule is CC(C#N)N1C(=O)COc2nc(-c3ccc(C4(N)CCC4)cc3)c(-c3ccccc3)cc21. The fourth-order valence-corrected chi connectivity index (χ4v) is 4.45. The van der Waals surface area contributed by atoms with Gasteiger partial charge in [0.1, 0.15) is 11.7 Å². The molecule has 0 bridgehead atoms. The van der Waals surface area contributed by atoms with E-state index in [0.29, 0.717) is 11.6 Å². The Bertz CT molecular complexity index is 1210. The van der Waals surface area contributed by atoms with E-state index < -0.39 is 6.04 Å². The summed E-state index contributed by atoms with van der Waals surface area (Å²) in [6.07, 6.45) is 3.18. The first-order valence-corrected chi connectivity index (χ1v) is 10.8. The van der Waals surface area contributed by atoms with Crippen molar-refractivity contribution < 1.29 is 9.53 Å². The molecule has 0 radical (unpaired) electrons. The van der Waals surface area contributed by atoms with Gasteiger partial charge in [-0.05, 0) is 43.4 Å². The highest BCUT2D eigenvalue weighted by atomic mass is 16.5. The second kappa shape index (κ2) is 7.77. The van der Waals surface area contributed by atoms with Gasteiger partial charge in [0.05, 0.1) is 11.8 Å². The van der Waals surface area contributed by atoms with Gasteiger partial charge in [-0.15, -0.1) is 0 Å². The summed E-state index contributed by atoms with van der Waals surface area (Å²) in [7, 11) is 0. The van der Waals surface area contributed by atoms with Crippen molar-refractivity contribution >= 4 is 11.6 Å². The highest BCUT2D eigenvalue weighted by Gasteiger charge is 2.35. The van der Waals surface area contributed by atoms with Crippen molar-refractivity contribution in [2.75, 3.05) is 11.5 Å². The first-order chi connectivity index (χ1) is 15.5. The Morgan fingerprint density at radius 3 is 2.47 bits per heavy atom. The summed E-state index contributed by atoms with van der Waals surface area (Å²) < 4.78 is 5.69. The van der Waals surface area contributed by atoms with Crippen molar-refractivity contribution in [3.63, 3.8) is 0 Å². The van der Waals surface area contributed by atoms with E-state index in [1.165, 1.54) is 4.90 Å². The predicted molar refractivity (Wildman–Crippen MR) is 123 cm³/mol. The second-order valence-electron chi connectivity index (χ2n) is 8.52. The lowest BCUT2D eigenvalue weighted by atomic mass is 9.72. The molecule has 2 N–H and O–H groups in total. The predicted octanol–water partition coefficient (Wildman–Crippen LogP) is 4.39. The Labute approximate surface area is 187 Å². The Morgan fingerprint density at radius 2 is 1.84 bits per heavy atom. The van der Waals surface area contributed by atoms with Crippen molar-refractivity contribution in [1.29, 1.82) is 5.26 Å². The third-order valence-corrected chi connectivity index (χ3v) is 6.47. The smallest absolute Gasteiger partial charge is 0.266 e. The molecule has 1 aliphatic heterocycles. The van der Waals surface area contributed by atoms with E-state index in [4.69, 9.17) is 15.5 Å². The third-order valence-electron chi connectivity index (χ3n) is 6.47. The van der Waals surface area contributed by atoms with Crippen LogP contribution in [0.25, 0.3) is 22.4 Å². The number of nitrogens with two attached hydrogens (primary N) is 1. The van der Waals surface area contributed by atoms with Gasteiger partial charge in [-0.25, -0.2) is 4.98 Å². The normalized spacial score (nSPS) is 17.5. The maximum Gasteiger partial charge on any atom is 0.266 e. The number of carbonyl (C=O) groups excluding carboxylic acids is 1. The van der Waals surface area contributed by atoms with Gasteiger partial charge < -0.3 is 10.5 Å². The molecular weight excluding hydrogens is 400 g/mol. The minimum Gasteiger partial charge on any atom is -0.466 e. The summed E-state index contributed by atoms with van der Waals surface area (Å²) in [5.74, 6) is 0.109. The minimum absolute atomic E-state index is 0.134. The summed E-state index contributed by atoms with van der Waals surface area (Å²) in [5, 5.41) is 9.45. The van der Waals surface area contributed by atoms with E-state index in [1.807, 2.05) is 48.5 Å². The quantitative estimate of drug-likeness (QED) is 0.670. The molecular formula is C26H24N4O2. The number of anilines is 1. The van der Waals surface area contributed by atoms with Gasteiger partial charge in [-0.1, -0.05) is 54.6 Å². The number of benzene rings is 2. The summed E-state index contributed by atoms with van der Waals surface area (Å²) in [6, 6.07) is 21.6.